The zero-order chi connectivity index (χ0) is 17.4. The van der Waals surface area contributed by atoms with Crippen molar-refractivity contribution in [3.63, 3.8) is 0 Å². The van der Waals surface area contributed by atoms with Crippen LogP contribution in [0.4, 0.5) is 10.7 Å². The van der Waals surface area contributed by atoms with E-state index in [0.717, 1.165) is 22.9 Å². The van der Waals surface area contributed by atoms with Crippen LogP contribution in [0.1, 0.15) is 6.42 Å². The van der Waals surface area contributed by atoms with E-state index in [4.69, 9.17) is 16.7 Å². The number of likely N-dealkylation sites (tertiary alicyclic amines) is 1. The van der Waals surface area contributed by atoms with E-state index in [2.05, 4.69) is 20.3 Å². The number of fused-ring (bicyclic) bond motifs is 1. The van der Waals surface area contributed by atoms with Crippen LogP contribution in [-0.4, -0.2) is 50.2 Å². The van der Waals surface area contributed by atoms with E-state index in [1.54, 1.807) is 6.20 Å². The van der Waals surface area contributed by atoms with Crippen molar-refractivity contribution in [3.05, 3.63) is 41.7 Å². The molecule has 3 N–H and O–H groups in total. The molecule has 0 radical (unpaired) electrons. The second-order valence-corrected chi connectivity index (χ2v) is 6.40. The van der Waals surface area contributed by atoms with Crippen LogP contribution in [-0.2, 0) is 0 Å². The number of carbonyl (C=O) groups is 1. The van der Waals surface area contributed by atoms with Crippen molar-refractivity contribution in [1.82, 2.24) is 19.9 Å². The summed E-state index contributed by atoms with van der Waals surface area (Å²) < 4.78 is 0. The second-order valence-electron chi connectivity index (χ2n) is 6.00. The van der Waals surface area contributed by atoms with Gasteiger partial charge in [0.25, 0.3) is 0 Å². The molecule has 1 amide bonds. The van der Waals surface area contributed by atoms with E-state index in [1.807, 2.05) is 30.5 Å². The molecule has 2 aromatic heterocycles. The molecule has 1 unspecified atom stereocenters. The molecule has 1 saturated heterocycles. The van der Waals surface area contributed by atoms with Gasteiger partial charge in [0.2, 0.25) is 5.95 Å². The Morgan fingerprint density at radius 3 is 3.04 bits per heavy atom. The lowest BCUT2D eigenvalue weighted by Crippen LogP contribution is -2.30. The van der Waals surface area contributed by atoms with Gasteiger partial charge in [-0.25, -0.2) is 14.8 Å². The number of amides is 1. The summed E-state index contributed by atoms with van der Waals surface area (Å²) in [7, 11) is 0. The number of carboxylic acid groups (broad SMARTS) is 1. The van der Waals surface area contributed by atoms with Crippen molar-refractivity contribution in [2.75, 3.05) is 18.4 Å². The first kappa shape index (κ1) is 15.7. The highest BCUT2D eigenvalue weighted by molar-refractivity contribution is 6.33. The van der Waals surface area contributed by atoms with Crippen LogP contribution < -0.4 is 5.32 Å². The molecule has 0 spiro atoms. The average Bonchev–Trinajstić information content (AvgIpc) is 3.24. The van der Waals surface area contributed by atoms with Crippen molar-refractivity contribution in [2.24, 2.45) is 0 Å². The molecule has 25 heavy (non-hydrogen) atoms. The van der Waals surface area contributed by atoms with Crippen molar-refractivity contribution < 1.29 is 9.90 Å². The minimum atomic E-state index is -0.902. The molecule has 1 atom stereocenters. The molecule has 1 aliphatic rings. The zero-order valence-electron chi connectivity index (χ0n) is 13.2. The number of anilines is 1. The first-order chi connectivity index (χ1) is 12.1. The highest BCUT2D eigenvalue weighted by Crippen LogP contribution is 2.32. The monoisotopic (exact) mass is 357 g/mol. The maximum absolute atomic E-state index is 11.0. The Morgan fingerprint density at radius 1 is 1.40 bits per heavy atom. The van der Waals surface area contributed by atoms with Gasteiger partial charge in [-0.1, -0.05) is 29.8 Å². The lowest BCUT2D eigenvalue weighted by molar-refractivity contribution is 0.155. The summed E-state index contributed by atoms with van der Waals surface area (Å²) in [5.41, 5.74) is 2.56. The lowest BCUT2D eigenvalue weighted by atomic mass is 10.1. The second kappa shape index (κ2) is 6.25. The van der Waals surface area contributed by atoms with Crippen LogP contribution >= 0.6 is 11.6 Å². The molecule has 0 bridgehead atoms. The first-order valence-electron chi connectivity index (χ1n) is 7.95. The quantitative estimate of drug-likeness (QED) is 0.667. The summed E-state index contributed by atoms with van der Waals surface area (Å²) in [5, 5.41) is 13.8. The van der Waals surface area contributed by atoms with E-state index in [0.29, 0.717) is 29.8 Å². The molecule has 0 aliphatic carbocycles. The van der Waals surface area contributed by atoms with Gasteiger partial charge in [0, 0.05) is 41.8 Å². The number of para-hydroxylation sites is 1. The number of nitrogens with zero attached hydrogens (tertiary/aromatic N) is 3. The zero-order valence-corrected chi connectivity index (χ0v) is 14.0. The SMILES string of the molecule is O=C(O)N1CCC(Nc2ncc(Cl)c(-c3c[nH]c4ccccc34)n2)C1. The standard InChI is InChI=1S/C17H16ClN5O2/c18-13-8-20-16(21-10-5-6-23(9-10)17(24)25)22-15(13)12-7-19-14-4-2-1-3-11(12)14/h1-4,7-8,10,19H,5-6,9H2,(H,24,25)(H,20,21,22). The highest BCUT2D eigenvalue weighted by Gasteiger charge is 2.26. The van der Waals surface area contributed by atoms with E-state index < -0.39 is 6.09 Å². The third-order valence-corrected chi connectivity index (χ3v) is 4.66. The third kappa shape index (κ3) is 2.98. The van der Waals surface area contributed by atoms with Gasteiger partial charge in [-0.05, 0) is 12.5 Å². The first-order valence-corrected chi connectivity index (χ1v) is 8.33. The normalized spacial score (nSPS) is 17.2. The van der Waals surface area contributed by atoms with Crippen LogP contribution in [0.3, 0.4) is 0 Å². The summed E-state index contributed by atoms with van der Waals surface area (Å²) in [4.78, 5) is 24.4. The van der Waals surface area contributed by atoms with Gasteiger partial charge in [0.15, 0.2) is 0 Å². The van der Waals surface area contributed by atoms with Crippen LogP contribution in [0.25, 0.3) is 22.2 Å². The summed E-state index contributed by atoms with van der Waals surface area (Å²) in [6.45, 7) is 0.930. The fourth-order valence-electron chi connectivity index (χ4n) is 3.13. The Kier molecular flexibility index (Phi) is 3.93. The van der Waals surface area contributed by atoms with Crippen molar-refractivity contribution in [3.8, 4) is 11.3 Å². The van der Waals surface area contributed by atoms with Crippen molar-refractivity contribution >= 4 is 34.5 Å². The predicted octanol–water partition coefficient (Wildman–Crippen LogP) is 3.44. The van der Waals surface area contributed by atoms with Crippen molar-refractivity contribution in [2.45, 2.75) is 12.5 Å². The largest absolute Gasteiger partial charge is 0.465 e. The summed E-state index contributed by atoms with van der Waals surface area (Å²) in [6, 6.07) is 7.92. The Labute approximate surface area is 148 Å². The molecule has 7 nitrogen and oxygen atoms in total. The third-order valence-electron chi connectivity index (χ3n) is 4.38. The predicted molar refractivity (Wildman–Crippen MR) is 96.0 cm³/mol. The van der Waals surface area contributed by atoms with Gasteiger partial charge >= 0.3 is 6.09 Å². The summed E-state index contributed by atoms with van der Waals surface area (Å²) in [6.07, 6.45) is 3.27. The minimum absolute atomic E-state index is 0.00639. The number of aromatic nitrogens is 3. The lowest BCUT2D eigenvalue weighted by Gasteiger charge is -2.14. The number of hydrogen-bond donors (Lipinski definition) is 3. The number of benzene rings is 1. The van der Waals surface area contributed by atoms with E-state index in [1.165, 1.54) is 4.90 Å². The number of halogens is 1. The molecule has 128 valence electrons. The molecule has 1 aromatic carbocycles. The summed E-state index contributed by atoms with van der Waals surface area (Å²) in [5.74, 6) is 0.446. The Morgan fingerprint density at radius 2 is 2.24 bits per heavy atom. The van der Waals surface area contributed by atoms with Gasteiger partial charge in [-0.15, -0.1) is 0 Å². The highest BCUT2D eigenvalue weighted by atomic mass is 35.5. The van der Waals surface area contributed by atoms with Gasteiger partial charge in [-0.2, -0.15) is 0 Å². The smallest absolute Gasteiger partial charge is 0.407 e. The summed E-state index contributed by atoms with van der Waals surface area (Å²) >= 11 is 6.32. The van der Waals surface area contributed by atoms with Crippen LogP contribution in [0, 0.1) is 0 Å². The van der Waals surface area contributed by atoms with Crippen molar-refractivity contribution in [1.29, 1.82) is 0 Å². The van der Waals surface area contributed by atoms with Gasteiger partial charge in [-0.3, -0.25) is 0 Å². The number of aromatic amines is 1. The van der Waals surface area contributed by atoms with Crippen LogP contribution in [0.2, 0.25) is 5.02 Å². The average molecular weight is 358 g/mol. The number of nitrogens with one attached hydrogen (secondary N) is 2. The Balaban J connectivity index is 1.62. The van der Waals surface area contributed by atoms with Gasteiger partial charge < -0.3 is 20.3 Å². The fraction of sp³-hybridized carbons (Fsp3) is 0.235. The molecule has 4 rings (SSSR count). The van der Waals surface area contributed by atoms with E-state index >= 15 is 0 Å². The Hall–Kier alpha value is -2.80. The van der Waals surface area contributed by atoms with Gasteiger partial charge in [0.05, 0.1) is 16.9 Å². The number of hydrogen-bond acceptors (Lipinski definition) is 4. The maximum atomic E-state index is 11.0. The molecule has 8 heteroatoms. The molecular weight excluding hydrogens is 342 g/mol. The number of rotatable bonds is 3. The fourth-order valence-corrected chi connectivity index (χ4v) is 3.32. The topological polar surface area (TPSA) is 94.1 Å². The molecule has 1 fully saturated rings. The molecule has 0 saturated carbocycles. The maximum Gasteiger partial charge on any atom is 0.407 e. The molecular formula is C17H16ClN5O2. The molecule has 3 heterocycles. The van der Waals surface area contributed by atoms with Crippen LogP contribution in [0.15, 0.2) is 36.7 Å². The number of H-pyrrole nitrogens is 1. The minimum Gasteiger partial charge on any atom is -0.465 e. The Bertz CT molecular complexity index is 942. The van der Waals surface area contributed by atoms with Gasteiger partial charge in [0.1, 0.15) is 0 Å². The van der Waals surface area contributed by atoms with E-state index in [-0.39, 0.29) is 6.04 Å². The van der Waals surface area contributed by atoms with E-state index in [9.17, 15) is 4.79 Å². The molecule has 3 aromatic rings. The van der Waals surface area contributed by atoms with Crippen LogP contribution in [0.5, 0.6) is 0 Å². The molecule has 1 aliphatic heterocycles.